The molecule has 7 nitrogen and oxygen atoms in total. The number of hydrogen-bond acceptors (Lipinski definition) is 5. The molecule has 4 aromatic rings. The fourth-order valence-corrected chi connectivity index (χ4v) is 4.13. The van der Waals surface area contributed by atoms with E-state index in [1.807, 2.05) is 104 Å². The second kappa shape index (κ2) is 11.6. The van der Waals surface area contributed by atoms with Crippen LogP contribution in [0.3, 0.4) is 0 Å². The van der Waals surface area contributed by atoms with Gasteiger partial charge in [0.05, 0.1) is 32.4 Å². The number of methoxy groups -OCH3 is 2. The van der Waals surface area contributed by atoms with Crippen LogP contribution in [0.1, 0.15) is 27.5 Å². The third-order valence-corrected chi connectivity index (χ3v) is 6.12. The van der Waals surface area contributed by atoms with E-state index in [0.29, 0.717) is 30.1 Å². The molecule has 1 N–H and O–H groups in total. The summed E-state index contributed by atoms with van der Waals surface area (Å²) in [5.74, 6) is 1.34. The lowest BCUT2D eigenvalue weighted by molar-refractivity contribution is 0.0942. The first kappa shape index (κ1) is 25.0. The Morgan fingerprint density at radius 1 is 0.944 bits per heavy atom. The molecule has 0 unspecified atom stereocenters. The van der Waals surface area contributed by atoms with Crippen molar-refractivity contribution in [1.82, 2.24) is 20.0 Å². The Hall–Kier alpha value is -4.10. The van der Waals surface area contributed by atoms with Gasteiger partial charge in [-0.2, -0.15) is 5.10 Å². The number of carbonyl (C=O) groups is 1. The van der Waals surface area contributed by atoms with E-state index in [0.717, 1.165) is 22.4 Å². The molecule has 36 heavy (non-hydrogen) atoms. The molecular formula is C29H32N4O3. The largest absolute Gasteiger partial charge is 0.497 e. The molecule has 0 fully saturated rings. The molecule has 1 amide bonds. The lowest BCUT2D eigenvalue weighted by Gasteiger charge is -2.25. The third-order valence-electron chi connectivity index (χ3n) is 6.12. The van der Waals surface area contributed by atoms with Gasteiger partial charge in [-0.05, 0) is 49.5 Å². The minimum Gasteiger partial charge on any atom is -0.497 e. The maximum atomic E-state index is 13.5. The fourth-order valence-electron chi connectivity index (χ4n) is 4.13. The predicted molar refractivity (Wildman–Crippen MR) is 142 cm³/mol. The second-order valence-electron chi connectivity index (χ2n) is 8.77. The van der Waals surface area contributed by atoms with Crippen molar-refractivity contribution < 1.29 is 14.3 Å². The quantitative estimate of drug-likeness (QED) is 0.355. The molecule has 0 spiro atoms. The van der Waals surface area contributed by atoms with Crippen molar-refractivity contribution in [1.29, 1.82) is 0 Å². The van der Waals surface area contributed by atoms with Gasteiger partial charge in [0.1, 0.15) is 17.2 Å². The minimum atomic E-state index is -0.174. The average Bonchev–Trinajstić information content (AvgIpc) is 3.33. The number of nitrogens with zero attached hydrogens (tertiary/aromatic N) is 3. The highest BCUT2D eigenvalue weighted by Gasteiger charge is 2.21. The molecule has 1 atom stereocenters. The number of benzene rings is 3. The minimum absolute atomic E-state index is 0.000473. The zero-order valence-electron chi connectivity index (χ0n) is 21.1. The Morgan fingerprint density at radius 2 is 1.67 bits per heavy atom. The van der Waals surface area contributed by atoms with Crippen LogP contribution in [0.25, 0.3) is 11.3 Å². The lowest BCUT2D eigenvalue weighted by Crippen LogP contribution is -2.34. The topological polar surface area (TPSA) is 68.6 Å². The zero-order valence-corrected chi connectivity index (χ0v) is 21.1. The van der Waals surface area contributed by atoms with Gasteiger partial charge in [-0.25, -0.2) is 0 Å². The van der Waals surface area contributed by atoms with Gasteiger partial charge < -0.3 is 19.7 Å². The van der Waals surface area contributed by atoms with Crippen molar-refractivity contribution in [3.05, 3.63) is 102 Å². The number of nitrogens with one attached hydrogen (secondary N) is 1. The molecule has 0 saturated heterocycles. The first-order valence-corrected chi connectivity index (χ1v) is 11.8. The van der Waals surface area contributed by atoms with Crippen LogP contribution in [0, 0.1) is 0 Å². The van der Waals surface area contributed by atoms with Gasteiger partial charge in [-0.15, -0.1) is 0 Å². The molecule has 0 bridgehead atoms. The molecule has 4 rings (SSSR count). The molecule has 1 heterocycles. The molecule has 186 valence electrons. The van der Waals surface area contributed by atoms with Gasteiger partial charge in [0.25, 0.3) is 5.91 Å². The van der Waals surface area contributed by atoms with E-state index in [-0.39, 0.29) is 11.9 Å². The zero-order chi connectivity index (χ0) is 25.5. The Balaban J connectivity index is 1.60. The van der Waals surface area contributed by atoms with Crippen LogP contribution in [0.15, 0.2) is 85.1 Å². The summed E-state index contributed by atoms with van der Waals surface area (Å²) in [5.41, 5.74) is 4.16. The number of aromatic nitrogens is 2. The molecule has 0 aliphatic heterocycles. The summed E-state index contributed by atoms with van der Waals surface area (Å²) >= 11 is 0. The average molecular weight is 485 g/mol. The van der Waals surface area contributed by atoms with Crippen LogP contribution in [0.5, 0.6) is 11.5 Å². The van der Waals surface area contributed by atoms with Crippen LogP contribution in [0.4, 0.5) is 0 Å². The van der Waals surface area contributed by atoms with Crippen molar-refractivity contribution >= 4 is 5.91 Å². The Bertz CT molecular complexity index is 1280. The molecule has 3 aromatic carbocycles. The summed E-state index contributed by atoms with van der Waals surface area (Å²) in [6.45, 7) is 1.01. The van der Waals surface area contributed by atoms with Gasteiger partial charge in [-0.3, -0.25) is 9.48 Å². The van der Waals surface area contributed by atoms with Crippen LogP contribution in [0.2, 0.25) is 0 Å². The monoisotopic (exact) mass is 484 g/mol. The molecule has 0 saturated carbocycles. The summed E-state index contributed by atoms with van der Waals surface area (Å²) in [6, 6.07) is 25.6. The van der Waals surface area contributed by atoms with E-state index in [2.05, 4.69) is 10.2 Å². The fraction of sp³-hybridized carbons (Fsp3) is 0.241. The summed E-state index contributed by atoms with van der Waals surface area (Å²) in [7, 11) is 7.28. The highest BCUT2D eigenvalue weighted by atomic mass is 16.5. The van der Waals surface area contributed by atoms with E-state index in [1.165, 1.54) is 0 Å². The first-order chi connectivity index (χ1) is 17.5. The van der Waals surface area contributed by atoms with Crippen molar-refractivity contribution in [2.75, 3.05) is 34.9 Å². The van der Waals surface area contributed by atoms with Crippen molar-refractivity contribution in [2.24, 2.45) is 0 Å². The maximum absolute atomic E-state index is 13.5. The maximum Gasteiger partial charge on any atom is 0.255 e. The highest BCUT2D eigenvalue weighted by molar-refractivity contribution is 5.99. The summed E-state index contributed by atoms with van der Waals surface area (Å²) in [6.07, 6.45) is 1.81. The Labute approximate surface area is 212 Å². The van der Waals surface area contributed by atoms with E-state index < -0.39 is 0 Å². The smallest absolute Gasteiger partial charge is 0.255 e. The van der Waals surface area contributed by atoms with Gasteiger partial charge >= 0.3 is 0 Å². The van der Waals surface area contributed by atoms with E-state index >= 15 is 0 Å². The van der Waals surface area contributed by atoms with Gasteiger partial charge in [0, 0.05) is 18.3 Å². The Morgan fingerprint density at radius 3 is 2.33 bits per heavy atom. The second-order valence-corrected chi connectivity index (χ2v) is 8.77. The first-order valence-electron chi connectivity index (χ1n) is 11.8. The standard InChI is InChI=1S/C29H32N4O3/c1-32(2)27(22-13-15-24(35-3)16-14-22)18-30-29(34)26-20-33(19-21-9-6-5-7-10-21)31-28(26)23-11-8-12-25(17-23)36-4/h5-17,20,27H,18-19H2,1-4H3,(H,30,34)/t27-/m0/s1. The number of likely N-dealkylation sites (N-methyl/N-ethyl adjacent to an activating group) is 1. The lowest BCUT2D eigenvalue weighted by atomic mass is 10.0. The van der Waals surface area contributed by atoms with E-state index in [4.69, 9.17) is 14.6 Å². The number of amides is 1. The SMILES string of the molecule is COc1ccc([C@H](CNC(=O)c2cn(Cc3ccccc3)nc2-c2cccc(OC)c2)N(C)C)cc1. The molecule has 7 heteroatoms. The summed E-state index contributed by atoms with van der Waals surface area (Å²) in [4.78, 5) is 15.6. The number of rotatable bonds is 10. The number of ether oxygens (including phenoxy) is 2. The van der Waals surface area contributed by atoms with E-state index in [9.17, 15) is 4.79 Å². The molecule has 0 radical (unpaired) electrons. The van der Waals surface area contributed by atoms with Crippen LogP contribution in [-0.4, -0.2) is 55.4 Å². The summed E-state index contributed by atoms with van der Waals surface area (Å²) in [5, 5.41) is 7.91. The predicted octanol–water partition coefficient (Wildman–Crippen LogP) is 4.65. The highest BCUT2D eigenvalue weighted by Crippen LogP contribution is 2.27. The van der Waals surface area contributed by atoms with Crippen molar-refractivity contribution in [3.8, 4) is 22.8 Å². The van der Waals surface area contributed by atoms with Gasteiger partial charge in [0.15, 0.2) is 0 Å². The molecule has 0 aliphatic rings. The van der Waals surface area contributed by atoms with Crippen LogP contribution < -0.4 is 14.8 Å². The van der Waals surface area contributed by atoms with Crippen molar-refractivity contribution in [3.63, 3.8) is 0 Å². The van der Waals surface area contributed by atoms with Gasteiger partial charge in [0.2, 0.25) is 0 Å². The number of hydrogen-bond donors (Lipinski definition) is 1. The molecular weight excluding hydrogens is 452 g/mol. The normalized spacial score (nSPS) is 11.8. The molecule has 1 aromatic heterocycles. The molecule has 0 aliphatic carbocycles. The third kappa shape index (κ3) is 5.93. The summed E-state index contributed by atoms with van der Waals surface area (Å²) < 4.78 is 12.5. The van der Waals surface area contributed by atoms with Crippen molar-refractivity contribution in [2.45, 2.75) is 12.6 Å². The van der Waals surface area contributed by atoms with E-state index in [1.54, 1.807) is 14.2 Å². The number of carbonyl (C=O) groups excluding carboxylic acids is 1. The van der Waals surface area contributed by atoms with Crippen LogP contribution >= 0.6 is 0 Å². The van der Waals surface area contributed by atoms with Gasteiger partial charge in [-0.1, -0.05) is 54.6 Å². The van der Waals surface area contributed by atoms with Crippen LogP contribution in [-0.2, 0) is 6.54 Å². The Kier molecular flexibility index (Phi) is 8.02.